The topological polar surface area (TPSA) is 57.5 Å². The SMILES string of the molecule is CCC(=O)c1ccc(CO)c(CO)c1. The molecule has 0 spiro atoms. The molecule has 0 saturated carbocycles. The number of ketones is 1. The lowest BCUT2D eigenvalue weighted by Crippen LogP contribution is -2.01. The van der Waals surface area contributed by atoms with Gasteiger partial charge in [-0.3, -0.25) is 4.79 Å². The van der Waals surface area contributed by atoms with E-state index in [1.807, 2.05) is 0 Å². The first-order valence-electron chi connectivity index (χ1n) is 4.59. The Morgan fingerprint density at radius 2 is 1.86 bits per heavy atom. The van der Waals surface area contributed by atoms with Gasteiger partial charge < -0.3 is 10.2 Å². The number of rotatable bonds is 4. The average molecular weight is 194 g/mol. The van der Waals surface area contributed by atoms with Crippen LogP contribution in [0.2, 0.25) is 0 Å². The number of Topliss-reactive ketones (excluding diaryl/α,β-unsaturated/α-hetero) is 1. The summed E-state index contributed by atoms with van der Waals surface area (Å²) in [4.78, 5) is 11.3. The predicted octanol–water partition coefficient (Wildman–Crippen LogP) is 1.26. The Labute approximate surface area is 83.0 Å². The minimum atomic E-state index is -0.152. The summed E-state index contributed by atoms with van der Waals surface area (Å²) >= 11 is 0. The molecule has 0 aromatic heterocycles. The second-order valence-corrected chi connectivity index (χ2v) is 3.08. The summed E-state index contributed by atoms with van der Waals surface area (Å²) in [5.74, 6) is 0.0455. The molecule has 1 aromatic carbocycles. The van der Waals surface area contributed by atoms with E-state index >= 15 is 0 Å². The summed E-state index contributed by atoms with van der Waals surface area (Å²) in [5, 5.41) is 17.9. The van der Waals surface area contributed by atoms with Crippen LogP contribution in [0.3, 0.4) is 0 Å². The summed E-state index contributed by atoms with van der Waals surface area (Å²) in [5.41, 5.74) is 1.88. The molecule has 3 heteroatoms. The van der Waals surface area contributed by atoms with E-state index in [0.29, 0.717) is 23.1 Å². The Hall–Kier alpha value is -1.19. The van der Waals surface area contributed by atoms with Crippen molar-refractivity contribution in [3.05, 3.63) is 34.9 Å². The standard InChI is InChI=1S/C11H14O3/c1-2-11(14)8-3-4-9(6-12)10(5-8)7-13/h3-5,12-13H,2,6-7H2,1H3. The van der Waals surface area contributed by atoms with E-state index in [2.05, 4.69) is 0 Å². The average Bonchev–Trinajstić information content (AvgIpc) is 2.26. The van der Waals surface area contributed by atoms with Crippen molar-refractivity contribution in [2.24, 2.45) is 0 Å². The molecule has 76 valence electrons. The van der Waals surface area contributed by atoms with Gasteiger partial charge >= 0.3 is 0 Å². The molecule has 0 amide bonds. The molecular weight excluding hydrogens is 180 g/mol. The van der Waals surface area contributed by atoms with E-state index in [1.165, 1.54) is 0 Å². The van der Waals surface area contributed by atoms with Crippen molar-refractivity contribution in [2.75, 3.05) is 0 Å². The van der Waals surface area contributed by atoms with E-state index in [4.69, 9.17) is 10.2 Å². The van der Waals surface area contributed by atoms with E-state index in [9.17, 15) is 4.79 Å². The molecular formula is C11H14O3. The zero-order valence-electron chi connectivity index (χ0n) is 8.16. The van der Waals surface area contributed by atoms with Crippen LogP contribution >= 0.6 is 0 Å². The van der Waals surface area contributed by atoms with Crippen molar-refractivity contribution in [1.82, 2.24) is 0 Å². The van der Waals surface area contributed by atoms with Crippen LogP contribution in [0.15, 0.2) is 18.2 Å². The van der Waals surface area contributed by atoms with Crippen LogP contribution in [0.25, 0.3) is 0 Å². The summed E-state index contributed by atoms with van der Waals surface area (Å²) in [6.45, 7) is 1.53. The Bertz CT molecular complexity index is 331. The molecule has 3 nitrogen and oxygen atoms in total. The van der Waals surface area contributed by atoms with Crippen molar-refractivity contribution in [3.8, 4) is 0 Å². The number of aliphatic hydroxyl groups excluding tert-OH is 2. The van der Waals surface area contributed by atoms with Crippen LogP contribution in [-0.2, 0) is 13.2 Å². The molecule has 0 radical (unpaired) electrons. The zero-order chi connectivity index (χ0) is 10.6. The first kappa shape index (κ1) is 10.9. The number of benzene rings is 1. The molecule has 0 heterocycles. The third-order valence-corrected chi connectivity index (χ3v) is 2.19. The van der Waals surface area contributed by atoms with Crippen LogP contribution in [0.4, 0.5) is 0 Å². The second kappa shape index (κ2) is 4.88. The van der Waals surface area contributed by atoms with Gasteiger partial charge in [0.25, 0.3) is 0 Å². The molecule has 0 aliphatic heterocycles. The third-order valence-electron chi connectivity index (χ3n) is 2.19. The van der Waals surface area contributed by atoms with E-state index in [0.717, 1.165) is 0 Å². The quantitative estimate of drug-likeness (QED) is 0.709. The maximum Gasteiger partial charge on any atom is 0.162 e. The number of hydrogen-bond acceptors (Lipinski definition) is 3. The van der Waals surface area contributed by atoms with Gasteiger partial charge in [-0.15, -0.1) is 0 Å². The van der Waals surface area contributed by atoms with E-state index in [1.54, 1.807) is 25.1 Å². The van der Waals surface area contributed by atoms with Crippen molar-refractivity contribution in [3.63, 3.8) is 0 Å². The Morgan fingerprint density at radius 1 is 1.21 bits per heavy atom. The van der Waals surface area contributed by atoms with Crippen LogP contribution in [-0.4, -0.2) is 16.0 Å². The lowest BCUT2D eigenvalue weighted by atomic mass is 10.0. The van der Waals surface area contributed by atoms with Crippen LogP contribution in [0.5, 0.6) is 0 Å². The summed E-state index contributed by atoms with van der Waals surface area (Å²) in [6.07, 6.45) is 0.448. The highest BCUT2D eigenvalue weighted by Gasteiger charge is 2.06. The number of aliphatic hydroxyl groups is 2. The summed E-state index contributed by atoms with van der Waals surface area (Å²) < 4.78 is 0. The van der Waals surface area contributed by atoms with Gasteiger partial charge in [0.15, 0.2) is 5.78 Å². The Balaban J connectivity index is 3.07. The van der Waals surface area contributed by atoms with Gasteiger partial charge in [0.2, 0.25) is 0 Å². The molecule has 0 bridgehead atoms. The molecule has 14 heavy (non-hydrogen) atoms. The van der Waals surface area contributed by atoms with Gasteiger partial charge in [-0.05, 0) is 17.2 Å². The third kappa shape index (κ3) is 2.19. The number of carbonyl (C=O) groups excluding carboxylic acids is 1. The smallest absolute Gasteiger partial charge is 0.162 e. The number of hydrogen-bond donors (Lipinski definition) is 2. The van der Waals surface area contributed by atoms with Gasteiger partial charge in [-0.2, -0.15) is 0 Å². The highest BCUT2D eigenvalue weighted by atomic mass is 16.3. The maximum absolute atomic E-state index is 11.3. The molecule has 1 rings (SSSR count). The molecule has 0 fully saturated rings. The fraction of sp³-hybridized carbons (Fsp3) is 0.364. The highest BCUT2D eigenvalue weighted by molar-refractivity contribution is 5.96. The van der Waals surface area contributed by atoms with Gasteiger partial charge in [-0.1, -0.05) is 19.1 Å². The monoisotopic (exact) mass is 194 g/mol. The summed E-state index contributed by atoms with van der Waals surface area (Å²) in [6, 6.07) is 4.99. The lowest BCUT2D eigenvalue weighted by Gasteiger charge is -2.06. The molecule has 0 unspecified atom stereocenters. The lowest BCUT2D eigenvalue weighted by molar-refractivity contribution is 0.0988. The summed E-state index contributed by atoms with van der Waals surface area (Å²) in [7, 11) is 0. The first-order chi connectivity index (χ1) is 6.72. The van der Waals surface area contributed by atoms with Crippen molar-refractivity contribution < 1.29 is 15.0 Å². The van der Waals surface area contributed by atoms with Gasteiger partial charge in [-0.25, -0.2) is 0 Å². The fourth-order valence-corrected chi connectivity index (χ4v) is 1.30. The van der Waals surface area contributed by atoms with Crippen molar-refractivity contribution in [2.45, 2.75) is 26.6 Å². The van der Waals surface area contributed by atoms with E-state index < -0.39 is 0 Å². The highest BCUT2D eigenvalue weighted by Crippen LogP contribution is 2.13. The molecule has 0 aliphatic rings. The molecule has 0 saturated heterocycles. The van der Waals surface area contributed by atoms with Crippen molar-refractivity contribution in [1.29, 1.82) is 0 Å². The van der Waals surface area contributed by atoms with E-state index in [-0.39, 0.29) is 19.0 Å². The fourth-order valence-electron chi connectivity index (χ4n) is 1.30. The largest absolute Gasteiger partial charge is 0.392 e. The zero-order valence-corrected chi connectivity index (χ0v) is 8.16. The maximum atomic E-state index is 11.3. The predicted molar refractivity (Wildman–Crippen MR) is 52.9 cm³/mol. The minimum absolute atomic E-state index is 0.0455. The first-order valence-corrected chi connectivity index (χ1v) is 4.59. The molecule has 0 atom stereocenters. The molecule has 2 N–H and O–H groups in total. The van der Waals surface area contributed by atoms with Gasteiger partial charge in [0.05, 0.1) is 13.2 Å². The second-order valence-electron chi connectivity index (χ2n) is 3.08. The molecule has 1 aromatic rings. The van der Waals surface area contributed by atoms with Crippen molar-refractivity contribution >= 4 is 5.78 Å². The van der Waals surface area contributed by atoms with Crippen LogP contribution in [0, 0.1) is 0 Å². The van der Waals surface area contributed by atoms with Crippen LogP contribution in [0.1, 0.15) is 34.8 Å². The minimum Gasteiger partial charge on any atom is -0.392 e. The Morgan fingerprint density at radius 3 is 2.36 bits per heavy atom. The number of carbonyl (C=O) groups is 1. The Kier molecular flexibility index (Phi) is 3.80. The molecule has 0 aliphatic carbocycles. The van der Waals surface area contributed by atoms with Crippen LogP contribution < -0.4 is 0 Å². The van der Waals surface area contributed by atoms with Gasteiger partial charge in [0.1, 0.15) is 0 Å². The van der Waals surface area contributed by atoms with Gasteiger partial charge in [0, 0.05) is 12.0 Å². The normalized spacial score (nSPS) is 10.2.